The number of carbonyl (C=O) groups is 2. The number of amides is 1. The van der Waals surface area contributed by atoms with E-state index in [-0.39, 0.29) is 17.4 Å². The van der Waals surface area contributed by atoms with Crippen molar-refractivity contribution in [3.63, 3.8) is 0 Å². The van der Waals surface area contributed by atoms with E-state index in [1.807, 2.05) is 6.07 Å². The summed E-state index contributed by atoms with van der Waals surface area (Å²) in [5, 5.41) is 11.0. The van der Waals surface area contributed by atoms with Gasteiger partial charge in [0.05, 0.1) is 20.1 Å². The summed E-state index contributed by atoms with van der Waals surface area (Å²) in [6, 6.07) is 6.38. The number of aliphatic carboxylic acids is 1. The predicted molar refractivity (Wildman–Crippen MR) is 129 cm³/mol. The molecule has 1 heterocycles. The molecule has 2 atom stereocenters. The van der Waals surface area contributed by atoms with Crippen LogP contribution in [-0.4, -0.2) is 63.0 Å². The Morgan fingerprint density at radius 1 is 1.09 bits per heavy atom. The Morgan fingerprint density at radius 2 is 1.79 bits per heavy atom. The number of alkyl carbamates (subject to hydrolysis) is 1. The molecule has 1 aromatic carbocycles. The number of likely N-dealkylation sites (N-methyl/N-ethyl adjacent to an activating group) is 1. The molecule has 2 aliphatic carbocycles. The molecular formula is C26H38N2O6. The van der Waals surface area contributed by atoms with Crippen LogP contribution in [0.3, 0.4) is 0 Å². The number of carboxylic acids is 1. The maximum absolute atomic E-state index is 11.5. The summed E-state index contributed by atoms with van der Waals surface area (Å²) in [5.41, 5.74) is 1.25. The first-order chi connectivity index (χ1) is 16.3. The fourth-order valence-corrected chi connectivity index (χ4v) is 5.46. The molecule has 0 aromatic heterocycles. The van der Waals surface area contributed by atoms with Gasteiger partial charge in [-0.25, -0.2) is 4.79 Å². The van der Waals surface area contributed by atoms with Gasteiger partial charge in [0.15, 0.2) is 11.5 Å². The largest absolute Gasteiger partial charge is 0.493 e. The summed E-state index contributed by atoms with van der Waals surface area (Å²) in [5.74, 6) is 1.60. The van der Waals surface area contributed by atoms with E-state index < -0.39 is 12.1 Å². The smallest absolute Gasteiger partial charge is 0.412 e. The monoisotopic (exact) mass is 474 g/mol. The standard InChI is InChI=1S/C19H26N2O4.C7H12O2/c1-20-18(22)25-14-7-8-19(9-10-21(2)17(19)12-14)13-5-6-15(23-3)16(11-13)24-4;8-7(9)6-4-2-1-3-5-6/h5-6,11-12,17H,7-10H2,1-4H3,(H,20,22);6H,1-5H2,(H,8,9). The van der Waals surface area contributed by atoms with Crippen molar-refractivity contribution < 1.29 is 28.9 Å². The molecule has 2 unspecified atom stereocenters. The Morgan fingerprint density at radius 3 is 2.38 bits per heavy atom. The molecule has 2 fully saturated rings. The summed E-state index contributed by atoms with van der Waals surface area (Å²) in [4.78, 5) is 24.2. The van der Waals surface area contributed by atoms with E-state index in [1.165, 1.54) is 12.0 Å². The molecule has 4 rings (SSSR count). The molecule has 1 aliphatic heterocycles. The van der Waals surface area contributed by atoms with E-state index in [1.54, 1.807) is 21.3 Å². The number of carbonyl (C=O) groups excluding carboxylic acids is 1. The first-order valence-corrected chi connectivity index (χ1v) is 12.1. The number of hydrogen-bond acceptors (Lipinski definition) is 6. The first kappa shape index (κ1) is 25.9. The van der Waals surface area contributed by atoms with Crippen LogP contribution >= 0.6 is 0 Å². The fourth-order valence-electron chi connectivity index (χ4n) is 5.46. The highest BCUT2D eigenvalue weighted by atomic mass is 16.6. The molecule has 3 aliphatic rings. The van der Waals surface area contributed by atoms with Gasteiger partial charge < -0.3 is 24.6 Å². The number of hydrogen-bond donors (Lipinski definition) is 2. The molecule has 1 saturated heterocycles. The minimum absolute atomic E-state index is 0.00382. The summed E-state index contributed by atoms with van der Waals surface area (Å²) in [6.07, 6.45) is 9.66. The van der Waals surface area contributed by atoms with Crippen LogP contribution < -0.4 is 14.8 Å². The summed E-state index contributed by atoms with van der Waals surface area (Å²) in [7, 11) is 7.00. The summed E-state index contributed by atoms with van der Waals surface area (Å²) >= 11 is 0. The number of benzene rings is 1. The summed E-state index contributed by atoms with van der Waals surface area (Å²) < 4.78 is 16.3. The number of methoxy groups -OCH3 is 2. The van der Waals surface area contributed by atoms with E-state index in [4.69, 9.17) is 19.3 Å². The van der Waals surface area contributed by atoms with Crippen molar-refractivity contribution in [2.75, 3.05) is 34.9 Å². The zero-order valence-electron chi connectivity index (χ0n) is 20.8. The number of nitrogens with one attached hydrogen (secondary N) is 1. The Balaban J connectivity index is 0.000000302. The maximum Gasteiger partial charge on any atom is 0.412 e. The second kappa shape index (κ2) is 11.6. The third-order valence-corrected chi connectivity index (χ3v) is 7.45. The topological polar surface area (TPSA) is 97.3 Å². The quantitative estimate of drug-likeness (QED) is 0.655. The molecule has 0 bridgehead atoms. The average Bonchev–Trinajstić information content (AvgIpc) is 3.21. The molecule has 1 saturated carbocycles. The number of rotatable bonds is 5. The Hall–Kier alpha value is -2.74. The number of nitrogens with zero attached hydrogens (tertiary/aromatic N) is 1. The minimum Gasteiger partial charge on any atom is -0.493 e. The van der Waals surface area contributed by atoms with Crippen LogP contribution in [0, 0.1) is 5.92 Å². The third kappa shape index (κ3) is 5.66. The summed E-state index contributed by atoms with van der Waals surface area (Å²) in [6.45, 7) is 1.00. The van der Waals surface area contributed by atoms with Crippen molar-refractivity contribution in [3.8, 4) is 11.5 Å². The Labute approximate surface area is 202 Å². The zero-order chi connectivity index (χ0) is 24.7. The van der Waals surface area contributed by atoms with E-state index >= 15 is 0 Å². The minimum atomic E-state index is -0.602. The number of fused-ring (bicyclic) bond motifs is 1. The number of ether oxygens (including phenoxy) is 3. The Bertz CT molecular complexity index is 895. The van der Waals surface area contributed by atoms with Crippen molar-refractivity contribution >= 4 is 12.1 Å². The SMILES string of the molecule is CNC(=O)OC1=CC2N(C)CCC2(c2ccc(OC)c(OC)c2)CC1.O=C(O)C1CCCCC1. The second-order valence-corrected chi connectivity index (χ2v) is 9.35. The lowest BCUT2D eigenvalue weighted by Crippen LogP contribution is -2.42. The van der Waals surface area contributed by atoms with Crippen molar-refractivity contribution in [1.82, 2.24) is 10.2 Å². The zero-order valence-corrected chi connectivity index (χ0v) is 20.8. The lowest BCUT2D eigenvalue weighted by atomic mass is 9.68. The van der Waals surface area contributed by atoms with Crippen molar-refractivity contribution in [3.05, 3.63) is 35.6 Å². The first-order valence-electron chi connectivity index (χ1n) is 12.1. The van der Waals surface area contributed by atoms with Gasteiger partial charge in [0.1, 0.15) is 5.76 Å². The van der Waals surface area contributed by atoms with Crippen LogP contribution in [0.2, 0.25) is 0 Å². The molecule has 188 valence electrons. The fraction of sp³-hybridized carbons (Fsp3) is 0.615. The van der Waals surface area contributed by atoms with Crippen LogP contribution in [-0.2, 0) is 14.9 Å². The number of allylic oxidation sites excluding steroid dienone is 1. The van der Waals surface area contributed by atoms with E-state index in [0.29, 0.717) is 0 Å². The Kier molecular flexibility index (Phi) is 8.83. The van der Waals surface area contributed by atoms with Gasteiger partial charge in [-0.2, -0.15) is 0 Å². The number of likely N-dealkylation sites (tertiary alicyclic amines) is 1. The second-order valence-electron chi connectivity index (χ2n) is 9.35. The van der Waals surface area contributed by atoms with E-state index in [9.17, 15) is 9.59 Å². The lowest BCUT2D eigenvalue weighted by molar-refractivity contribution is -0.142. The van der Waals surface area contributed by atoms with Gasteiger partial charge in [-0.05, 0) is 63.0 Å². The van der Waals surface area contributed by atoms with Gasteiger partial charge in [0.2, 0.25) is 0 Å². The van der Waals surface area contributed by atoms with Gasteiger partial charge in [-0.15, -0.1) is 0 Å². The molecule has 1 amide bonds. The predicted octanol–water partition coefficient (Wildman–Crippen LogP) is 4.33. The molecule has 2 N–H and O–H groups in total. The van der Waals surface area contributed by atoms with Crippen LogP contribution in [0.15, 0.2) is 30.0 Å². The van der Waals surface area contributed by atoms with Crippen molar-refractivity contribution in [2.45, 2.75) is 62.8 Å². The van der Waals surface area contributed by atoms with E-state index in [2.05, 4.69) is 35.5 Å². The van der Waals surface area contributed by atoms with Crippen LogP contribution in [0.1, 0.15) is 56.9 Å². The molecule has 0 spiro atoms. The molecule has 34 heavy (non-hydrogen) atoms. The lowest BCUT2D eigenvalue weighted by Gasteiger charge is -2.40. The van der Waals surface area contributed by atoms with Crippen molar-refractivity contribution in [2.24, 2.45) is 5.92 Å². The molecule has 8 heteroatoms. The average molecular weight is 475 g/mol. The van der Waals surface area contributed by atoms with Gasteiger partial charge in [-0.1, -0.05) is 25.3 Å². The molecule has 8 nitrogen and oxygen atoms in total. The van der Waals surface area contributed by atoms with Crippen LogP contribution in [0.25, 0.3) is 0 Å². The van der Waals surface area contributed by atoms with Gasteiger partial charge in [0, 0.05) is 24.9 Å². The molecular weight excluding hydrogens is 436 g/mol. The highest BCUT2D eigenvalue weighted by molar-refractivity contribution is 5.70. The number of carboxylic acid groups (broad SMARTS) is 1. The third-order valence-electron chi connectivity index (χ3n) is 7.45. The highest BCUT2D eigenvalue weighted by Crippen LogP contribution is 2.49. The van der Waals surface area contributed by atoms with Gasteiger partial charge in [0.25, 0.3) is 0 Å². The molecule has 0 radical (unpaired) electrons. The van der Waals surface area contributed by atoms with Gasteiger partial charge >= 0.3 is 12.1 Å². The van der Waals surface area contributed by atoms with Gasteiger partial charge in [-0.3, -0.25) is 9.69 Å². The highest BCUT2D eigenvalue weighted by Gasteiger charge is 2.48. The maximum atomic E-state index is 11.5. The van der Waals surface area contributed by atoms with E-state index in [0.717, 1.165) is 68.7 Å². The van der Waals surface area contributed by atoms with Crippen LogP contribution in [0.4, 0.5) is 4.79 Å². The molecule has 1 aromatic rings. The normalized spacial score (nSPS) is 24.7. The van der Waals surface area contributed by atoms with Crippen molar-refractivity contribution in [1.29, 1.82) is 0 Å². The van der Waals surface area contributed by atoms with Crippen LogP contribution in [0.5, 0.6) is 11.5 Å².